The molecular formula is C18H14ClNO. The summed E-state index contributed by atoms with van der Waals surface area (Å²) in [7, 11) is 0. The van der Waals surface area contributed by atoms with Crippen LogP contribution in [0, 0.1) is 0 Å². The predicted octanol–water partition coefficient (Wildman–Crippen LogP) is 4.74. The maximum Gasteiger partial charge on any atom is 0.175 e. The lowest BCUT2D eigenvalue weighted by molar-refractivity contribution is 0.0948. The number of Topliss-reactive ketones (excluding diaryl/α,β-unsaturated/α-hetero) is 1. The van der Waals surface area contributed by atoms with Crippen LogP contribution in [0.2, 0.25) is 5.02 Å². The summed E-state index contributed by atoms with van der Waals surface area (Å²) < 4.78 is 0. The number of ketones is 1. The van der Waals surface area contributed by atoms with Gasteiger partial charge in [-0.25, -0.2) is 0 Å². The van der Waals surface area contributed by atoms with E-state index in [1.54, 1.807) is 0 Å². The van der Waals surface area contributed by atoms with Crippen molar-refractivity contribution < 1.29 is 4.79 Å². The molecule has 1 heterocycles. The Labute approximate surface area is 127 Å². The van der Waals surface area contributed by atoms with Crippen LogP contribution in [0.4, 0.5) is 0 Å². The van der Waals surface area contributed by atoms with E-state index in [0.29, 0.717) is 5.02 Å². The number of benzene rings is 2. The first-order chi connectivity index (χ1) is 10.2. The fourth-order valence-corrected chi connectivity index (χ4v) is 3.25. The zero-order chi connectivity index (χ0) is 14.4. The van der Waals surface area contributed by atoms with Gasteiger partial charge in [-0.2, -0.15) is 0 Å². The van der Waals surface area contributed by atoms with Gasteiger partial charge in [0, 0.05) is 27.7 Å². The van der Waals surface area contributed by atoms with E-state index in [2.05, 4.69) is 17.1 Å². The van der Waals surface area contributed by atoms with Crippen molar-refractivity contribution in [1.82, 2.24) is 4.98 Å². The quantitative estimate of drug-likeness (QED) is 0.696. The van der Waals surface area contributed by atoms with Gasteiger partial charge in [0.05, 0.1) is 5.41 Å². The number of fused-ring (bicyclic) bond motifs is 1. The number of aromatic amines is 1. The summed E-state index contributed by atoms with van der Waals surface area (Å²) in [5, 5.41) is 1.62. The van der Waals surface area contributed by atoms with Crippen LogP contribution >= 0.6 is 11.6 Å². The highest BCUT2D eigenvalue weighted by Crippen LogP contribution is 2.51. The second kappa shape index (κ2) is 4.47. The lowest BCUT2D eigenvalue weighted by Crippen LogP contribution is -2.20. The molecule has 1 aliphatic rings. The molecule has 1 saturated carbocycles. The summed E-state index contributed by atoms with van der Waals surface area (Å²) in [4.78, 5) is 16.2. The minimum atomic E-state index is -0.323. The van der Waals surface area contributed by atoms with E-state index in [1.807, 2.05) is 42.6 Å². The molecule has 1 aromatic heterocycles. The monoisotopic (exact) mass is 295 g/mol. The average molecular weight is 296 g/mol. The van der Waals surface area contributed by atoms with E-state index in [-0.39, 0.29) is 11.2 Å². The van der Waals surface area contributed by atoms with E-state index in [1.165, 1.54) is 0 Å². The normalized spacial score (nSPS) is 16.0. The molecular weight excluding hydrogens is 282 g/mol. The van der Waals surface area contributed by atoms with Crippen LogP contribution in [-0.2, 0) is 5.41 Å². The molecule has 0 aliphatic heterocycles. The second-order valence-corrected chi connectivity index (χ2v) is 6.11. The van der Waals surface area contributed by atoms with Crippen LogP contribution in [-0.4, -0.2) is 10.8 Å². The number of carbonyl (C=O) groups is 1. The van der Waals surface area contributed by atoms with Gasteiger partial charge >= 0.3 is 0 Å². The number of halogens is 1. The van der Waals surface area contributed by atoms with Crippen molar-refractivity contribution in [2.24, 2.45) is 0 Å². The number of hydrogen-bond acceptors (Lipinski definition) is 1. The first-order valence-corrected chi connectivity index (χ1v) is 7.45. The van der Waals surface area contributed by atoms with Crippen molar-refractivity contribution in [3.05, 3.63) is 70.9 Å². The van der Waals surface area contributed by atoms with Gasteiger partial charge < -0.3 is 4.98 Å². The molecule has 1 aliphatic carbocycles. The molecule has 0 amide bonds. The summed E-state index contributed by atoms with van der Waals surface area (Å²) in [6.07, 6.45) is 3.67. The van der Waals surface area contributed by atoms with Crippen molar-refractivity contribution in [3.63, 3.8) is 0 Å². The predicted molar refractivity (Wildman–Crippen MR) is 85.0 cm³/mol. The molecule has 0 unspecified atom stereocenters. The smallest absolute Gasteiger partial charge is 0.175 e. The van der Waals surface area contributed by atoms with Gasteiger partial charge in [-0.1, -0.05) is 48.0 Å². The lowest BCUT2D eigenvalue weighted by Gasteiger charge is -2.13. The molecule has 4 rings (SSSR count). The fourth-order valence-electron chi connectivity index (χ4n) is 3.07. The third-order valence-electron chi connectivity index (χ3n) is 4.40. The Morgan fingerprint density at radius 2 is 1.86 bits per heavy atom. The number of nitrogens with one attached hydrogen (secondary N) is 1. The van der Waals surface area contributed by atoms with Crippen LogP contribution in [0.25, 0.3) is 10.9 Å². The summed E-state index contributed by atoms with van der Waals surface area (Å²) in [6, 6.07) is 15.7. The zero-order valence-corrected chi connectivity index (χ0v) is 12.2. The molecule has 0 atom stereocenters. The van der Waals surface area contributed by atoms with Gasteiger partial charge in [0.25, 0.3) is 0 Å². The Hall–Kier alpha value is -2.06. The Bertz CT molecular complexity index is 831. The Balaban J connectivity index is 1.81. The highest BCUT2D eigenvalue weighted by atomic mass is 35.5. The summed E-state index contributed by atoms with van der Waals surface area (Å²) in [6.45, 7) is 0. The average Bonchev–Trinajstić information content (AvgIpc) is 3.22. The van der Waals surface area contributed by atoms with E-state index in [0.717, 1.165) is 34.9 Å². The molecule has 21 heavy (non-hydrogen) atoms. The molecule has 104 valence electrons. The third kappa shape index (κ3) is 1.90. The Morgan fingerprint density at radius 3 is 2.57 bits per heavy atom. The molecule has 3 heteroatoms. The third-order valence-corrected chi connectivity index (χ3v) is 4.63. The minimum absolute atomic E-state index is 0.210. The zero-order valence-electron chi connectivity index (χ0n) is 11.4. The minimum Gasteiger partial charge on any atom is -0.360 e. The van der Waals surface area contributed by atoms with Gasteiger partial charge in [0.1, 0.15) is 0 Å². The van der Waals surface area contributed by atoms with E-state index >= 15 is 0 Å². The summed E-state index contributed by atoms with van der Waals surface area (Å²) in [5.74, 6) is 0.210. The van der Waals surface area contributed by atoms with Crippen LogP contribution in [0.1, 0.15) is 28.8 Å². The van der Waals surface area contributed by atoms with E-state index < -0.39 is 0 Å². The van der Waals surface area contributed by atoms with Crippen molar-refractivity contribution in [2.45, 2.75) is 18.3 Å². The fraction of sp³-hybridized carbons (Fsp3) is 0.167. The van der Waals surface area contributed by atoms with Crippen LogP contribution in [0.3, 0.4) is 0 Å². The van der Waals surface area contributed by atoms with Crippen molar-refractivity contribution >= 4 is 28.3 Å². The number of hydrogen-bond donors (Lipinski definition) is 1. The molecule has 2 nitrogen and oxygen atoms in total. The highest BCUT2D eigenvalue weighted by Gasteiger charge is 2.51. The Morgan fingerprint density at radius 1 is 1.10 bits per heavy atom. The number of rotatable bonds is 3. The van der Waals surface area contributed by atoms with Crippen LogP contribution in [0.15, 0.2) is 54.7 Å². The van der Waals surface area contributed by atoms with Gasteiger partial charge in [-0.15, -0.1) is 0 Å². The maximum absolute atomic E-state index is 13.0. The van der Waals surface area contributed by atoms with Gasteiger partial charge in [-0.05, 0) is 30.5 Å². The van der Waals surface area contributed by atoms with Crippen LogP contribution < -0.4 is 0 Å². The maximum atomic E-state index is 13.0. The molecule has 0 radical (unpaired) electrons. The van der Waals surface area contributed by atoms with E-state index in [4.69, 9.17) is 11.6 Å². The molecule has 1 N–H and O–H groups in total. The Kier molecular flexibility index (Phi) is 2.69. The molecule has 1 fully saturated rings. The first kappa shape index (κ1) is 12.7. The lowest BCUT2D eigenvalue weighted by atomic mass is 9.87. The van der Waals surface area contributed by atoms with Gasteiger partial charge in [0.15, 0.2) is 5.78 Å². The first-order valence-electron chi connectivity index (χ1n) is 7.08. The second-order valence-electron chi connectivity index (χ2n) is 5.67. The molecule has 2 aromatic carbocycles. The van der Waals surface area contributed by atoms with Crippen molar-refractivity contribution in [3.8, 4) is 0 Å². The molecule has 0 bridgehead atoms. The summed E-state index contributed by atoms with van der Waals surface area (Å²) >= 11 is 6.00. The number of H-pyrrole nitrogens is 1. The van der Waals surface area contributed by atoms with Crippen molar-refractivity contribution in [2.75, 3.05) is 0 Å². The number of aromatic nitrogens is 1. The largest absolute Gasteiger partial charge is 0.360 e. The summed E-state index contributed by atoms with van der Waals surface area (Å²) in [5.41, 5.74) is 2.48. The van der Waals surface area contributed by atoms with Crippen molar-refractivity contribution in [1.29, 1.82) is 0 Å². The molecule has 3 aromatic rings. The molecule has 0 saturated heterocycles. The van der Waals surface area contributed by atoms with E-state index in [9.17, 15) is 4.79 Å². The standard InChI is InChI=1S/C18H14ClNO/c19-13-6-7-14-15(11-20-16(14)10-13)17(21)18(8-9-18)12-4-2-1-3-5-12/h1-7,10-11,20H,8-9H2. The van der Waals surface area contributed by atoms with Gasteiger partial charge in [0.2, 0.25) is 0 Å². The van der Waals surface area contributed by atoms with Crippen LogP contribution in [0.5, 0.6) is 0 Å². The highest BCUT2D eigenvalue weighted by molar-refractivity contribution is 6.31. The SMILES string of the molecule is O=C(c1c[nH]c2cc(Cl)ccc12)C1(c2ccccc2)CC1. The molecule has 0 spiro atoms. The topological polar surface area (TPSA) is 32.9 Å². The number of carbonyl (C=O) groups excluding carboxylic acids is 1. The van der Waals surface area contributed by atoms with Gasteiger partial charge in [-0.3, -0.25) is 4.79 Å².